The van der Waals surface area contributed by atoms with Gasteiger partial charge in [-0.25, -0.2) is 9.59 Å². The van der Waals surface area contributed by atoms with Crippen LogP contribution < -0.4 is 0 Å². The Labute approximate surface area is 316 Å². The molecule has 2 aliphatic heterocycles. The van der Waals surface area contributed by atoms with Gasteiger partial charge in [-0.15, -0.1) is 23.5 Å². The van der Waals surface area contributed by atoms with Gasteiger partial charge in [-0.1, -0.05) is 76.6 Å². The second-order valence-electron chi connectivity index (χ2n) is 10.9. The number of ether oxygens (including phenoxy) is 6. The van der Waals surface area contributed by atoms with Gasteiger partial charge in [0.15, 0.2) is 5.54 Å². The fourth-order valence-electron chi connectivity index (χ4n) is 4.56. The third-order valence-corrected chi connectivity index (χ3v) is 9.64. The Hall–Kier alpha value is -3.24. The first-order valence-corrected chi connectivity index (χ1v) is 19.3. The van der Waals surface area contributed by atoms with Gasteiger partial charge < -0.3 is 28.4 Å². The van der Waals surface area contributed by atoms with Crippen LogP contribution in [0.3, 0.4) is 0 Å². The molecule has 0 radical (unpaired) electrons. The third-order valence-electron chi connectivity index (χ3n) is 7.29. The molecule has 0 saturated heterocycles. The summed E-state index contributed by atoms with van der Waals surface area (Å²) >= 11 is 6.31. The highest BCUT2D eigenvalue weighted by Crippen LogP contribution is 2.33. The van der Waals surface area contributed by atoms with Gasteiger partial charge in [0.2, 0.25) is 0 Å². The molecule has 0 aliphatic carbocycles. The number of methoxy groups -OCH3 is 4. The number of benzene rings is 2. The van der Waals surface area contributed by atoms with Gasteiger partial charge in [0.1, 0.15) is 6.04 Å². The molecule has 0 bridgehead atoms. The zero-order valence-electron chi connectivity index (χ0n) is 29.5. The molecule has 0 N–H and O–H groups in total. The van der Waals surface area contributed by atoms with E-state index in [1.807, 2.05) is 60.7 Å². The zero-order valence-corrected chi connectivity index (χ0v) is 32.7. The molecule has 0 amide bonds. The molecule has 2 aromatic rings. The molecule has 2 heterocycles. The molecular weight excluding hydrogens is 764 g/mol. The number of hydrogen-bond acceptors (Lipinski definition) is 14. The van der Waals surface area contributed by atoms with Gasteiger partial charge in [-0.05, 0) is 30.4 Å². The van der Waals surface area contributed by atoms with E-state index in [0.29, 0.717) is 44.6 Å². The summed E-state index contributed by atoms with van der Waals surface area (Å²) in [6.07, 6.45) is 2.12. The van der Waals surface area contributed by atoms with Crippen molar-refractivity contribution in [3.05, 3.63) is 71.8 Å². The van der Waals surface area contributed by atoms with Gasteiger partial charge in [0.05, 0.1) is 71.4 Å². The van der Waals surface area contributed by atoms with Crippen LogP contribution >= 0.6 is 39.5 Å². The Bertz CT molecular complexity index is 1420. The van der Waals surface area contributed by atoms with Crippen molar-refractivity contribution < 1.29 is 47.6 Å². The Morgan fingerprint density at radius 3 is 1.78 bits per heavy atom. The number of nitrogens with zero attached hydrogens (tertiary/aromatic N) is 2. The minimum Gasteiger partial charge on any atom is -0.469 e. The molecule has 2 aromatic carbocycles. The highest BCUT2D eigenvalue weighted by molar-refractivity contribution is 9.09. The number of alkyl halides is 1. The normalized spacial score (nSPS) is 17.9. The van der Waals surface area contributed by atoms with E-state index in [2.05, 4.69) is 35.4 Å². The summed E-state index contributed by atoms with van der Waals surface area (Å²) in [5, 5.41) is 2.30. The fraction of sp³-hybridized carbons (Fsp3) is 0.500. The molecule has 0 fully saturated rings. The first kappa shape index (κ1) is 43.9. The van der Waals surface area contributed by atoms with E-state index in [1.54, 1.807) is 23.5 Å². The predicted octanol–water partition coefficient (Wildman–Crippen LogP) is 5.83. The van der Waals surface area contributed by atoms with Crippen molar-refractivity contribution in [3.63, 3.8) is 0 Å². The van der Waals surface area contributed by atoms with Gasteiger partial charge in [0, 0.05) is 23.3 Å². The van der Waals surface area contributed by atoms with E-state index >= 15 is 0 Å². The van der Waals surface area contributed by atoms with Crippen molar-refractivity contribution in [2.75, 3.05) is 58.5 Å². The maximum atomic E-state index is 12.3. The van der Waals surface area contributed by atoms with Crippen LogP contribution in [0.5, 0.6) is 0 Å². The molecule has 15 heteroatoms. The summed E-state index contributed by atoms with van der Waals surface area (Å²) in [6, 6.07) is 19.5. The van der Waals surface area contributed by atoms with Gasteiger partial charge in [0.25, 0.3) is 0 Å². The van der Waals surface area contributed by atoms with Crippen LogP contribution in [0.2, 0.25) is 0 Å². The maximum Gasteiger partial charge on any atom is 0.333 e. The van der Waals surface area contributed by atoms with E-state index in [1.165, 1.54) is 28.4 Å². The lowest BCUT2D eigenvalue weighted by atomic mass is 9.91. The second-order valence-corrected chi connectivity index (χ2v) is 14.0. The number of halogens is 1. The number of thioether (sulfide) groups is 2. The molecule has 12 nitrogen and oxygen atoms in total. The average molecular weight is 812 g/mol. The van der Waals surface area contributed by atoms with Crippen molar-refractivity contribution in [1.29, 1.82) is 0 Å². The van der Waals surface area contributed by atoms with E-state index in [-0.39, 0.29) is 36.8 Å². The van der Waals surface area contributed by atoms with Crippen LogP contribution in [-0.4, -0.2) is 104 Å². The Morgan fingerprint density at radius 1 is 0.725 bits per heavy atom. The van der Waals surface area contributed by atoms with Crippen LogP contribution in [0.4, 0.5) is 0 Å². The zero-order chi connectivity index (χ0) is 37.3. The largest absolute Gasteiger partial charge is 0.469 e. The Kier molecular flexibility index (Phi) is 22.1. The predicted molar refractivity (Wildman–Crippen MR) is 203 cm³/mol. The molecule has 2 aliphatic rings. The smallest absolute Gasteiger partial charge is 0.333 e. The standard InChI is InChI=1S/C18H23NO5S.C14H17NO3S.C4H7BrO2/c1-22-16(20)8-9-18(17(21)23-2)10-11-25-15(19-18)13-24-12-14-6-4-3-5-7-14;1-17-14(16)12-7-8-19-13(15-12)10-18-9-11-5-3-2-4-6-11;1-7-4(6)2-3-5/h3-7H,8-13H2,1-2H3;2-6,12H,7-10H2,1H3;2-3H2,1H3. The fourth-order valence-corrected chi connectivity index (χ4v) is 6.91. The van der Waals surface area contributed by atoms with Crippen LogP contribution in [-0.2, 0) is 60.8 Å². The third kappa shape index (κ3) is 17.2. The monoisotopic (exact) mass is 810 g/mol. The quantitative estimate of drug-likeness (QED) is 0.121. The van der Waals surface area contributed by atoms with Crippen LogP contribution in [0.15, 0.2) is 70.6 Å². The number of carbonyl (C=O) groups is 4. The van der Waals surface area contributed by atoms with Crippen LogP contribution in [0.25, 0.3) is 0 Å². The molecule has 0 spiro atoms. The topological polar surface area (TPSA) is 148 Å². The first-order valence-electron chi connectivity index (χ1n) is 16.2. The summed E-state index contributed by atoms with van der Waals surface area (Å²) in [7, 11) is 5.44. The first-order chi connectivity index (χ1) is 24.7. The Morgan fingerprint density at radius 2 is 1.27 bits per heavy atom. The van der Waals surface area contributed by atoms with E-state index in [0.717, 1.165) is 39.1 Å². The Balaban J connectivity index is 0.000000305. The van der Waals surface area contributed by atoms with Gasteiger partial charge in [-0.2, -0.15) is 0 Å². The molecule has 2 atom stereocenters. The van der Waals surface area contributed by atoms with Crippen LogP contribution in [0.1, 0.15) is 43.2 Å². The molecule has 0 aromatic heterocycles. The molecular formula is C36H47BrN2O10S2. The van der Waals surface area contributed by atoms with Crippen molar-refractivity contribution in [3.8, 4) is 0 Å². The lowest BCUT2D eigenvalue weighted by Gasteiger charge is -2.31. The highest BCUT2D eigenvalue weighted by atomic mass is 79.9. The number of rotatable bonds is 15. The highest BCUT2D eigenvalue weighted by Gasteiger charge is 2.42. The second kappa shape index (κ2) is 25.7. The summed E-state index contributed by atoms with van der Waals surface area (Å²) in [6.45, 7) is 1.82. The maximum absolute atomic E-state index is 12.3. The van der Waals surface area contributed by atoms with Crippen molar-refractivity contribution in [2.45, 2.75) is 56.9 Å². The lowest BCUT2D eigenvalue weighted by Crippen LogP contribution is -2.42. The van der Waals surface area contributed by atoms with Crippen molar-refractivity contribution in [1.82, 2.24) is 0 Å². The number of aliphatic imine (C=N–C) groups is 2. The van der Waals surface area contributed by atoms with Gasteiger partial charge >= 0.3 is 23.9 Å². The van der Waals surface area contributed by atoms with Crippen molar-refractivity contribution >= 4 is 73.4 Å². The molecule has 2 unspecified atom stereocenters. The van der Waals surface area contributed by atoms with E-state index in [4.69, 9.17) is 18.9 Å². The van der Waals surface area contributed by atoms with Crippen LogP contribution in [0, 0.1) is 0 Å². The number of hydrogen-bond donors (Lipinski definition) is 0. The van der Waals surface area contributed by atoms with E-state index in [9.17, 15) is 19.2 Å². The van der Waals surface area contributed by atoms with Crippen molar-refractivity contribution in [2.24, 2.45) is 9.98 Å². The average Bonchev–Trinajstić information content (AvgIpc) is 3.18. The number of esters is 4. The summed E-state index contributed by atoms with van der Waals surface area (Å²) in [4.78, 5) is 54.3. The molecule has 4 rings (SSSR count). The summed E-state index contributed by atoms with van der Waals surface area (Å²) in [5.74, 6) is 0.394. The summed E-state index contributed by atoms with van der Waals surface area (Å²) < 4.78 is 30.0. The molecule has 51 heavy (non-hydrogen) atoms. The molecule has 280 valence electrons. The number of carbonyl (C=O) groups excluding carboxylic acids is 4. The molecule has 0 saturated carbocycles. The lowest BCUT2D eigenvalue weighted by molar-refractivity contribution is -0.148. The summed E-state index contributed by atoms with van der Waals surface area (Å²) in [5.41, 5.74) is 1.18. The SMILES string of the molecule is COC(=O)C1CCSC(COCc2ccccc2)=N1.COC(=O)CCBr.COC(=O)CCC1(C(=O)OC)CCSC(COCc2ccccc2)=N1. The minimum atomic E-state index is -1.03. The minimum absolute atomic E-state index is 0.123. The van der Waals surface area contributed by atoms with E-state index < -0.39 is 11.5 Å². The van der Waals surface area contributed by atoms with Gasteiger partial charge in [-0.3, -0.25) is 19.6 Å².